The summed E-state index contributed by atoms with van der Waals surface area (Å²) in [6.45, 7) is 2.07. The molecule has 30 heavy (non-hydrogen) atoms. The first-order valence-corrected chi connectivity index (χ1v) is 10.4. The lowest BCUT2D eigenvalue weighted by Crippen LogP contribution is -2.32. The highest BCUT2D eigenvalue weighted by Gasteiger charge is 2.37. The Labute approximate surface area is 180 Å². The zero-order valence-corrected chi connectivity index (χ0v) is 17.4. The first-order chi connectivity index (χ1) is 14.6. The Morgan fingerprint density at radius 1 is 1.00 bits per heavy atom. The van der Waals surface area contributed by atoms with Crippen molar-refractivity contribution in [1.82, 2.24) is 4.98 Å². The summed E-state index contributed by atoms with van der Waals surface area (Å²) < 4.78 is 0. The van der Waals surface area contributed by atoms with Crippen molar-refractivity contribution < 1.29 is 4.79 Å². The number of hydrogen-bond acceptors (Lipinski definition) is 1. The van der Waals surface area contributed by atoms with Crippen molar-refractivity contribution in [3.63, 3.8) is 0 Å². The van der Waals surface area contributed by atoms with Crippen molar-refractivity contribution in [2.45, 2.75) is 19.4 Å². The number of hydrogen-bond donors (Lipinski definition) is 1. The molecular formula is C26H21ClN2O. The molecule has 2 heterocycles. The van der Waals surface area contributed by atoms with E-state index in [1.165, 1.54) is 0 Å². The molecule has 0 saturated heterocycles. The maximum absolute atomic E-state index is 13.6. The fourth-order valence-corrected chi connectivity index (χ4v) is 4.69. The molecule has 1 atom stereocenters. The number of para-hydroxylation sites is 2. The fourth-order valence-electron chi connectivity index (χ4n) is 4.47. The van der Waals surface area contributed by atoms with Gasteiger partial charge in [-0.1, -0.05) is 78.3 Å². The van der Waals surface area contributed by atoms with Crippen molar-refractivity contribution in [2.75, 3.05) is 4.90 Å². The number of rotatable bonds is 3. The van der Waals surface area contributed by atoms with Crippen LogP contribution in [0.2, 0.25) is 0 Å². The molecule has 4 aromatic rings. The van der Waals surface area contributed by atoms with E-state index in [0.29, 0.717) is 0 Å². The maximum atomic E-state index is 13.6. The van der Waals surface area contributed by atoms with Crippen LogP contribution in [-0.4, -0.2) is 10.9 Å². The van der Waals surface area contributed by atoms with E-state index in [1.54, 1.807) is 6.08 Å². The zero-order valence-electron chi connectivity index (χ0n) is 16.6. The second-order valence-electron chi connectivity index (χ2n) is 7.64. The Kier molecular flexibility index (Phi) is 4.68. The Hall–Kier alpha value is -3.30. The van der Waals surface area contributed by atoms with Crippen molar-refractivity contribution in [1.29, 1.82) is 0 Å². The van der Waals surface area contributed by atoms with Gasteiger partial charge in [0, 0.05) is 27.8 Å². The van der Waals surface area contributed by atoms with Gasteiger partial charge in [0.1, 0.15) is 5.03 Å². The minimum atomic E-state index is -0.180. The number of carbonyl (C=O) groups is 1. The third kappa shape index (κ3) is 3.12. The van der Waals surface area contributed by atoms with Crippen molar-refractivity contribution in [2.24, 2.45) is 0 Å². The molecule has 148 valence electrons. The van der Waals surface area contributed by atoms with E-state index in [4.69, 9.17) is 11.6 Å². The number of halogens is 1. The topological polar surface area (TPSA) is 36.1 Å². The van der Waals surface area contributed by atoms with Crippen molar-refractivity contribution in [3.05, 3.63) is 106 Å². The standard InChI is InChI=1S/C26H21ClN2O/c1-17-25(20-12-6-7-13-22(20)28-17)24-16-19-11-5-8-14-23(19)29(24)26(30)21(27)15-18-9-3-2-4-10-18/h2-15,24,28H,16H2,1H3/b21-15-. The first-order valence-electron chi connectivity index (χ1n) is 10.0. The molecule has 3 nitrogen and oxygen atoms in total. The molecule has 0 saturated carbocycles. The average Bonchev–Trinajstić information content (AvgIpc) is 3.30. The number of nitrogens with zero attached hydrogens (tertiary/aromatic N) is 1. The maximum Gasteiger partial charge on any atom is 0.270 e. The normalized spacial score (nSPS) is 16.1. The van der Waals surface area contributed by atoms with Crippen LogP contribution in [0.1, 0.15) is 28.4 Å². The number of carbonyl (C=O) groups excluding carboxylic acids is 1. The summed E-state index contributed by atoms with van der Waals surface area (Å²) in [7, 11) is 0. The molecule has 1 N–H and O–H groups in total. The molecule has 1 aromatic heterocycles. The molecule has 1 aliphatic heterocycles. The van der Waals surface area contributed by atoms with Gasteiger partial charge in [0.2, 0.25) is 0 Å². The van der Waals surface area contributed by atoms with Gasteiger partial charge in [-0.2, -0.15) is 0 Å². The van der Waals surface area contributed by atoms with Crippen LogP contribution in [0.5, 0.6) is 0 Å². The van der Waals surface area contributed by atoms with E-state index in [2.05, 4.69) is 30.1 Å². The Morgan fingerprint density at radius 2 is 1.70 bits per heavy atom. The molecule has 1 aliphatic rings. The second-order valence-corrected chi connectivity index (χ2v) is 8.04. The molecule has 0 spiro atoms. The summed E-state index contributed by atoms with van der Waals surface area (Å²) in [6.07, 6.45) is 2.50. The predicted octanol–water partition coefficient (Wildman–Crippen LogP) is 6.39. The quantitative estimate of drug-likeness (QED) is 0.389. The van der Waals surface area contributed by atoms with Gasteiger partial charge in [0.05, 0.1) is 6.04 Å². The number of aromatic amines is 1. The van der Waals surface area contributed by atoms with Gasteiger partial charge in [-0.3, -0.25) is 9.69 Å². The van der Waals surface area contributed by atoms with E-state index < -0.39 is 0 Å². The summed E-state index contributed by atoms with van der Waals surface area (Å²) >= 11 is 6.56. The van der Waals surface area contributed by atoms with Crippen molar-refractivity contribution in [3.8, 4) is 0 Å². The lowest BCUT2D eigenvalue weighted by atomic mass is 9.99. The van der Waals surface area contributed by atoms with Crippen LogP contribution in [-0.2, 0) is 11.2 Å². The lowest BCUT2D eigenvalue weighted by Gasteiger charge is -2.26. The van der Waals surface area contributed by atoms with Crippen LogP contribution in [0.4, 0.5) is 5.69 Å². The number of nitrogens with one attached hydrogen (secondary N) is 1. The molecular weight excluding hydrogens is 392 g/mol. The molecule has 1 amide bonds. The number of aryl methyl sites for hydroxylation is 1. The highest BCUT2D eigenvalue weighted by molar-refractivity contribution is 6.46. The van der Waals surface area contributed by atoms with E-state index in [0.717, 1.165) is 45.4 Å². The molecule has 3 aromatic carbocycles. The minimum absolute atomic E-state index is 0.107. The minimum Gasteiger partial charge on any atom is -0.358 e. The SMILES string of the molecule is Cc1[nH]c2ccccc2c1C1Cc2ccccc2N1C(=O)/C(Cl)=C/c1ccccc1. The third-order valence-electron chi connectivity index (χ3n) is 5.77. The van der Waals surface area contributed by atoms with Crippen LogP contribution in [0, 0.1) is 6.92 Å². The van der Waals surface area contributed by atoms with Crippen molar-refractivity contribution >= 4 is 40.2 Å². The Morgan fingerprint density at radius 3 is 2.53 bits per heavy atom. The zero-order chi connectivity index (χ0) is 20.7. The van der Waals surface area contributed by atoms with E-state index in [9.17, 15) is 4.79 Å². The summed E-state index contributed by atoms with van der Waals surface area (Å²) in [6, 6.07) is 25.9. The lowest BCUT2D eigenvalue weighted by molar-refractivity contribution is -0.114. The highest BCUT2D eigenvalue weighted by atomic mass is 35.5. The van der Waals surface area contributed by atoms with Crippen LogP contribution in [0.3, 0.4) is 0 Å². The van der Waals surface area contributed by atoms with Gasteiger partial charge in [0.15, 0.2) is 0 Å². The molecule has 0 bridgehead atoms. The van der Waals surface area contributed by atoms with Gasteiger partial charge in [-0.05, 0) is 42.7 Å². The molecule has 0 aliphatic carbocycles. The van der Waals surface area contributed by atoms with Gasteiger partial charge < -0.3 is 4.98 Å². The van der Waals surface area contributed by atoms with Gasteiger partial charge in [-0.25, -0.2) is 0 Å². The van der Waals surface area contributed by atoms with Crippen LogP contribution in [0.15, 0.2) is 83.9 Å². The number of aromatic nitrogens is 1. The van der Waals surface area contributed by atoms with Gasteiger partial charge in [-0.15, -0.1) is 0 Å². The monoisotopic (exact) mass is 412 g/mol. The number of H-pyrrole nitrogens is 1. The number of anilines is 1. The molecule has 4 heteroatoms. The van der Waals surface area contributed by atoms with Crippen LogP contribution in [0.25, 0.3) is 17.0 Å². The number of fused-ring (bicyclic) bond motifs is 2. The summed E-state index contributed by atoms with van der Waals surface area (Å²) in [5.74, 6) is -0.180. The Balaban J connectivity index is 1.62. The highest BCUT2D eigenvalue weighted by Crippen LogP contribution is 2.44. The average molecular weight is 413 g/mol. The van der Waals surface area contributed by atoms with Gasteiger partial charge >= 0.3 is 0 Å². The smallest absolute Gasteiger partial charge is 0.270 e. The molecule has 1 unspecified atom stereocenters. The molecule has 5 rings (SSSR count). The number of benzene rings is 3. The summed E-state index contributed by atoms with van der Waals surface area (Å²) in [5, 5.41) is 1.36. The van der Waals surface area contributed by atoms with Crippen LogP contribution >= 0.6 is 11.6 Å². The van der Waals surface area contributed by atoms with Gasteiger partial charge in [0.25, 0.3) is 5.91 Å². The first kappa shape index (κ1) is 18.7. The fraction of sp³-hybridized carbons (Fsp3) is 0.115. The van der Waals surface area contributed by atoms with E-state index in [1.807, 2.05) is 65.6 Å². The Bertz CT molecular complexity index is 1270. The summed E-state index contributed by atoms with van der Waals surface area (Å²) in [4.78, 5) is 18.9. The number of amides is 1. The van der Waals surface area contributed by atoms with E-state index >= 15 is 0 Å². The third-order valence-corrected chi connectivity index (χ3v) is 6.04. The predicted molar refractivity (Wildman–Crippen MR) is 124 cm³/mol. The van der Waals surface area contributed by atoms with Crippen LogP contribution < -0.4 is 4.90 Å². The summed E-state index contributed by atoms with van der Waals surface area (Å²) in [5.41, 5.74) is 6.30. The largest absolute Gasteiger partial charge is 0.358 e. The second kappa shape index (κ2) is 7.51. The van der Waals surface area contributed by atoms with E-state index in [-0.39, 0.29) is 17.0 Å². The molecule has 0 fully saturated rings. The molecule has 0 radical (unpaired) electrons.